The van der Waals surface area contributed by atoms with E-state index in [1.165, 1.54) is 0 Å². The Hall–Kier alpha value is -3.87. The van der Waals surface area contributed by atoms with Crippen LogP contribution in [0.4, 0.5) is 0 Å². The van der Waals surface area contributed by atoms with E-state index in [0.717, 1.165) is 11.1 Å². The van der Waals surface area contributed by atoms with E-state index >= 15 is 0 Å². The highest BCUT2D eigenvalue weighted by Gasteiger charge is 2.21. The molecule has 0 fully saturated rings. The minimum atomic E-state index is -0.372. The number of nitrogens with one attached hydrogen (secondary N) is 2. The summed E-state index contributed by atoms with van der Waals surface area (Å²) in [7, 11) is 0. The third-order valence-electron chi connectivity index (χ3n) is 4.67. The normalized spacial score (nSPS) is 10.8. The van der Waals surface area contributed by atoms with Crippen LogP contribution in [0, 0.1) is 6.92 Å². The molecule has 2 N–H and O–H groups in total. The van der Waals surface area contributed by atoms with Crippen molar-refractivity contribution in [1.82, 2.24) is 20.0 Å². The maximum Gasteiger partial charge on any atom is 0.287 e. The molecule has 0 bridgehead atoms. The van der Waals surface area contributed by atoms with E-state index in [9.17, 15) is 9.59 Å². The molecule has 0 aliphatic heterocycles. The lowest BCUT2D eigenvalue weighted by atomic mass is 10.1. The number of aromatic nitrogens is 2. The van der Waals surface area contributed by atoms with Crippen LogP contribution in [0.1, 0.15) is 38.0 Å². The molecule has 0 spiro atoms. The van der Waals surface area contributed by atoms with Crippen molar-refractivity contribution in [2.24, 2.45) is 0 Å². The van der Waals surface area contributed by atoms with Gasteiger partial charge in [0.25, 0.3) is 11.8 Å². The quantitative estimate of drug-likeness (QED) is 0.531. The summed E-state index contributed by atoms with van der Waals surface area (Å²) in [5.41, 5.74) is 2.88. The van der Waals surface area contributed by atoms with Gasteiger partial charge in [0, 0.05) is 12.7 Å². The molecule has 3 aromatic heterocycles. The van der Waals surface area contributed by atoms with Gasteiger partial charge in [0.15, 0.2) is 5.69 Å². The Morgan fingerprint density at radius 3 is 2.55 bits per heavy atom. The molecule has 29 heavy (non-hydrogen) atoms. The van der Waals surface area contributed by atoms with Gasteiger partial charge in [0.1, 0.15) is 5.76 Å². The molecule has 0 aliphatic carbocycles. The van der Waals surface area contributed by atoms with E-state index in [1.54, 1.807) is 47.2 Å². The Bertz CT molecular complexity index is 1160. The van der Waals surface area contributed by atoms with Gasteiger partial charge in [-0.25, -0.2) is 4.98 Å². The first-order chi connectivity index (χ1) is 14.1. The Kier molecular flexibility index (Phi) is 5.11. The van der Waals surface area contributed by atoms with E-state index in [1.807, 2.05) is 31.2 Å². The molecule has 146 valence electrons. The summed E-state index contributed by atoms with van der Waals surface area (Å²) in [5, 5.41) is 5.66. The minimum Gasteiger partial charge on any atom is -0.467 e. The van der Waals surface area contributed by atoms with Gasteiger partial charge < -0.3 is 15.1 Å². The summed E-state index contributed by atoms with van der Waals surface area (Å²) in [6, 6.07) is 16.7. The van der Waals surface area contributed by atoms with E-state index in [2.05, 4.69) is 15.6 Å². The number of hydrogen-bond acceptors (Lipinski definition) is 4. The number of amides is 2. The molecule has 7 nitrogen and oxygen atoms in total. The van der Waals surface area contributed by atoms with Crippen LogP contribution in [0.3, 0.4) is 0 Å². The Balaban J connectivity index is 1.55. The number of imidazole rings is 1. The van der Waals surface area contributed by atoms with Crippen molar-refractivity contribution in [3.8, 4) is 0 Å². The average molecular weight is 388 g/mol. The zero-order valence-electron chi connectivity index (χ0n) is 15.9. The van der Waals surface area contributed by atoms with Crippen LogP contribution in [0.15, 0.2) is 71.5 Å². The Morgan fingerprint density at radius 2 is 1.76 bits per heavy atom. The monoisotopic (exact) mass is 388 g/mol. The lowest BCUT2D eigenvalue weighted by Gasteiger charge is -2.07. The van der Waals surface area contributed by atoms with Crippen molar-refractivity contribution in [2.75, 3.05) is 0 Å². The summed E-state index contributed by atoms with van der Waals surface area (Å²) >= 11 is 0. The molecule has 4 rings (SSSR count). The van der Waals surface area contributed by atoms with Crippen molar-refractivity contribution >= 4 is 17.3 Å². The van der Waals surface area contributed by atoms with E-state index in [4.69, 9.17) is 4.42 Å². The van der Waals surface area contributed by atoms with Crippen LogP contribution in [-0.4, -0.2) is 21.2 Å². The number of benzene rings is 1. The van der Waals surface area contributed by atoms with E-state index in [0.29, 0.717) is 17.8 Å². The molecule has 4 aromatic rings. The highest BCUT2D eigenvalue weighted by atomic mass is 16.3. The average Bonchev–Trinajstić information content (AvgIpc) is 3.39. The number of pyridine rings is 1. The molecule has 0 atom stereocenters. The van der Waals surface area contributed by atoms with Gasteiger partial charge in [-0.1, -0.05) is 30.3 Å². The smallest absolute Gasteiger partial charge is 0.287 e. The highest BCUT2D eigenvalue weighted by molar-refractivity contribution is 6.02. The van der Waals surface area contributed by atoms with Crippen LogP contribution in [0.5, 0.6) is 0 Å². The number of carbonyl (C=O) groups is 2. The first-order valence-corrected chi connectivity index (χ1v) is 9.24. The Morgan fingerprint density at radius 1 is 0.966 bits per heavy atom. The zero-order valence-corrected chi connectivity index (χ0v) is 15.9. The van der Waals surface area contributed by atoms with Gasteiger partial charge in [0.05, 0.1) is 18.3 Å². The van der Waals surface area contributed by atoms with Gasteiger partial charge in [-0.15, -0.1) is 0 Å². The highest BCUT2D eigenvalue weighted by Crippen LogP contribution is 2.14. The van der Waals surface area contributed by atoms with Gasteiger partial charge in [-0.2, -0.15) is 0 Å². The number of carbonyl (C=O) groups excluding carboxylic acids is 2. The molecular formula is C22H20N4O3. The molecular weight excluding hydrogens is 368 g/mol. The van der Waals surface area contributed by atoms with E-state index < -0.39 is 0 Å². The summed E-state index contributed by atoms with van der Waals surface area (Å²) < 4.78 is 6.85. The van der Waals surface area contributed by atoms with Gasteiger partial charge in [-0.05, 0) is 42.3 Å². The second-order valence-corrected chi connectivity index (χ2v) is 6.61. The van der Waals surface area contributed by atoms with Crippen LogP contribution in [-0.2, 0) is 13.1 Å². The predicted octanol–water partition coefficient (Wildman–Crippen LogP) is 3.10. The summed E-state index contributed by atoms with van der Waals surface area (Å²) in [4.78, 5) is 29.8. The lowest BCUT2D eigenvalue weighted by Crippen LogP contribution is -2.26. The minimum absolute atomic E-state index is 0.164. The first kappa shape index (κ1) is 18.5. The van der Waals surface area contributed by atoms with Crippen LogP contribution < -0.4 is 10.6 Å². The van der Waals surface area contributed by atoms with Gasteiger partial charge in [-0.3, -0.25) is 14.0 Å². The fraction of sp³-hybridized carbons (Fsp3) is 0.136. The molecule has 0 saturated heterocycles. The van der Waals surface area contributed by atoms with Gasteiger partial charge >= 0.3 is 0 Å². The zero-order chi connectivity index (χ0) is 20.2. The van der Waals surface area contributed by atoms with E-state index in [-0.39, 0.29) is 29.9 Å². The van der Waals surface area contributed by atoms with Crippen molar-refractivity contribution < 1.29 is 14.0 Å². The molecule has 0 saturated carbocycles. The second kappa shape index (κ2) is 8.02. The standard InChI is InChI=1S/C22H20N4O3/c1-15-7-2-3-8-16(15)13-23-22(28)20-25-19(18-10-4-5-11-26(18)20)21(27)24-14-17-9-6-12-29-17/h2-12H,13-14H2,1H3,(H,23,28)(H,24,27). The third kappa shape index (κ3) is 3.89. The fourth-order valence-corrected chi connectivity index (χ4v) is 3.09. The number of fused-ring (bicyclic) bond motifs is 1. The molecule has 0 aliphatic rings. The molecule has 7 heteroatoms. The first-order valence-electron chi connectivity index (χ1n) is 9.24. The molecule has 2 amide bonds. The number of nitrogens with zero attached hydrogens (tertiary/aromatic N) is 2. The lowest BCUT2D eigenvalue weighted by molar-refractivity contribution is 0.0939. The molecule has 1 aromatic carbocycles. The van der Waals surface area contributed by atoms with Crippen LogP contribution in [0.25, 0.3) is 5.52 Å². The molecule has 0 radical (unpaired) electrons. The number of rotatable bonds is 6. The topological polar surface area (TPSA) is 88.6 Å². The van der Waals surface area contributed by atoms with Crippen LogP contribution in [0.2, 0.25) is 0 Å². The van der Waals surface area contributed by atoms with Crippen LogP contribution >= 0.6 is 0 Å². The SMILES string of the molecule is Cc1ccccc1CNC(=O)c1nc(C(=O)NCc2ccco2)c2ccccn12. The van der Waals surface area contributed by atoms with Crippen molar-refractivity contribution in [1.29, 1.82) is 0 Å². The summed E-state index contributed by atoms with van der Waals surface area (Å²) in [6.45, 7) is 2.62. The van der Waals surface area contributed by atoms with Gasteiger partial charge in [0.2, 0.25) is 5.82 Å². The predicted molar refractivity (Wildman–Crippen MR) is 107 cm³/mol. The maximum absolute atomic E-state index is 12.8. The number of furan rings is 1. The molecule has 0 unspecified atom stereocenters. The van der Waals surface area contributed by atoms with Crippen molar-refractivity contribution in [3.63, 3.8) is 0 Å². The fourth-order valence-electron chi connectivity index (χ4n) is 3.09. The summed E-state index contributed by atoms with van der Waals surface area (Å²) in [6.07, 6.45) is 3.26. The number of hydrogen-bond donors (Lipinski definition) is 2. The summed E-state index contributed by atoms with van der Waals surface area (Å²) in [5.74, 6) is 0.0815. The maximum atomic E-state index is 12.8. The van der Waals surface area contributed by atoms with Crippen molar-refractivity contribution in [2.45, 2.75) is 20.0 Å². The Labute approximate surface area is 167 Å². The molecule has 3 heterocycles. The third-order valence-corrected chi connectivity index (χ3v) is 4.67. The second-order valence-electron chi connectivity index (χ2n) is 6.61. The number of aryl methyl sites for hydroxylation is 1. The largest absolute Gasteiger partial charge is 0.467 e. The van der Waals surface area contributed by atoms with Crippen molar-refractivity contribution in [3.05, 3.63) is 95.5 Å².